The van der Waals surface area contributed by atoms with Gasteiger partial charge in [-0.25, -0.2) is 4.79 Å². The summed E-state index contributed by atoms with van der Waals surface area (Å²) in [6.45, 7) is 0.135. The van der Waals surface area contributed by atoms with E-state index < -0.39 is 5.97 Å². The Morgan fingerprint density at radius 1 is 1.67 bits per heavy atom. The summed E-state index contributed by atoms with van der Waals surface area (Å²) in [7, 11) is 0. The molecule has 1 fully saturated rings. The molecule has 0 bridgehead atoms. The second-order valence-corrected chi connectivity index (χ2v) is 3.42. The lowest BCUT2D eigenvalue weighted by molar-refractivity contribution is -0.137. The van der Waals surface area contributed by atoms with E-state index in [0.29, 0.717) is 6.54 Å². The highest BCUT2D eigenvalue weighted by Crippen LogP contribution is 2.19. The molecule has 2 heterocycles. The van der Waals surface area contributed by atoms with E-state index in [1.807, 2.05) is 6.07 Å². The molecule has 6 nitrogen and oxygen atoms in total. The first kappa shape index (κ1) is 9.57. The van der Waals surface area contributed by atoms with Crippen LogP contribution in [-0.4, -0.2) is 40.1 Å². The molecule has 1 aliphatic heterocycles. The van der Waals surface area contributed by atoms with Crippen LogP contribution in [0.4, 0.5) is 4.79 Å². The molecule has 0 saturated carbocycles. The predicted octanol–water partition coefficient (Wildman–Crippen LogP) is 0.166. The van der Waals surface area contributed by atoms with Gasteiger partial charge in [-0.15, -0.1) is 0 Å². The van der Waals surface area contributed by atoms with E-state index in [0.717, 1.165) is 5.56 Å². The SMILES string of the molecule is O=C(O)CN1CC(c2cc[nH]c2)NC1=O. The average molecular weight is 209 g/mol. The number of amides is 2. The molecule has 1 saturated heterocycles. The van der Waals surface area contributed by atoms with E-state index in [2.05, 4.69) is 10.3 Å². The highest BCUT2D eigenvalue weighted by atomic mass is 16.4. The fourth-order valence-corrected chi connectivity index (χ4v) is 1.63. The molecule has 80 valence electrons. The lowest BCUT2D eigenvalue weighted by Crippen LogP contribution is -2.32. The highest BCUT2D eigenvalue weighted by molar-refractivity contribution is 5.82. The van der Waals surface area contributed by atoms with E-state index in [4.69, 9.17) is 5.11 Å². The average Bonchev–Trinajstić information content (AvgIpc) is 2.75. The van der Waals surface area contributed by atoms with Crippen molar-refractivity contribution in [3.05, 3.63) is 24.0 Å². The van der Waals surface area contributed by atoms with Crippen molar-refractivity contribution >= 4 is 12.0 Å². The van der Waals surface area contributed by atoms with Crippen LogP contribution in [0.1, 0.15) is 11.6 Å². The maximum atomic E-state index is 11.4. The Morgan fingerprint density at radius 3 is 3.07 bits per heavy atom. The van der Waals surface area contributed by atoms with Gasteiger partial charge in [0.25, 0.3) is 0 Å². The maximum absolute atomic E-state index is 11.4. The molecule has 1 atom stereocenters. The van der Waals surface area contributed by atoms with Crippen LogP contribution < -0.4 is 5.32 Å². The first-order chi connectivity index (χ1) is 7.16. The number of urea groups is 1. The summed E-state index contributed by atoms with van der Waals surface area (Å²) < 4.78 is 0. The van der Waals surface area contributed by atoms with Crippen LogP contribution in [0.15, 0.2) is 18.5 Å². The van der Waals surface area contributed by atoms with E-state index in [9.17, 15) is 9.59 Å². The largest absolute Gasteiger partial charge is 0.480 e. The molecule has 15 heavy (non-hydrogen) atoms. The number of hydrogen-bond donors (Lipinski definition) is 3. The van der Waals surface area contributed by atoms with E-state index in [-0.39, 0.29) is 18.6 Å². The number of aromatic nitrogens is 1. The van der Waals surface area contributed by atoms with E-state index >= 15 is 0 Å². The number of nitrogens with one attached hydrogen (secondary N) is 2. The van der Waals surface area contributed by atoms with Crippen LogP contribution in [0.2, 0.25) is 0 Å². The highest BCUT2D eigenvalue weighted by Gasteiger charge is 2.30. The van der Waals surface area contributed by atoms with Gasteiger partial charge in [0.1, 0.15) is 6.54 Å². The minimum atomic E-state index is -1.00. The van der Waals surface area contributed by atoms with Gasteiger partial charge >= 0.3 is 12.0 Å². The molecule has 0 radical (unpaired) electrons. The Bertz CT molecular complexity index is 374. The summed E-state index contributed by atoms with van der Waals surface area (Å²) in [6, 6.07) is 1.40. The third-order valence-corrected chi connectivity index (χ3v) is 2.34. The molecule has 2 rings (SSSR count). The smallest absolute Gasteiger partial charge is 0.323 e. The number of carboxylic acid groups (broad SMARTS) is 1. The fraction of sp³-hybridized carbons (Fsp3) is 0.333. The quantitative estimate of drug-likeness (QED) is 0.663. The molecule has 1 aromatic rings. The van der Waals surface area contributed by atoms with Gasteiger partial charge in [-0.2, -0.15) is 0 Å². The first-order valence-corrected chi connectivity index (χ1v) is 4.57. The van der Waals surface area contributed by atoms with Crippen LogP contribution in [0.25, 0.3) is 0 Å². The van der Waals surface area contributed by atoms with E-state index in [1.54, 1.807) is 12.4 Å². The number of carbonyl (C=O) groups is 2. The van der Waals surface area contributed by atoms with Crippen LogP contribution in [0.5, 0.6) is 0 Å². The Labute approximate surface area is 85.9 Å². The number of aromatic amines is 1. The molecule has 1 aromatic heterocycles. The Hall–Kier alpha value is -1.98. The minimum absolute atomic E-state index is 0.122. The van der Waals surface area contributed by atoms with E-state index in [1.165, 1.54) is 4.90 Å². The first-order valence-electron chi connectivity index (χ1n) is 4.57. The molecule has 0 aliphatic carbocycles. The van der Waals surface area contributed by atoms with Crippen molar-refractivity contribution < 1.29 is 14.7 Å². The number of carboxylic acids is 1. The molecular weight excluding hydrogens is 198 g/mol. The Kier molecular flexibility index (Phi) is 2.32. The van der Waals surface area contributed by atoms with Gasteiger partial charge < -0.3 is 20.3 Å². The van der Waals surface area contributed by atoms with Gasteiger partial charge in [0.2, 0.25) is 0 Å². The summed E-state index contributed by atoms with van der Waals surface area (Å²) in [5.41, 5.74) is 0.955. The summed E-state index contributed by atoms with van der Waals surface area (Å²) in [5, 5.41) is 11.3. The van der Waals surface area contributed by atoms with Crippen molar-refractivity contribution in [2.75, 3.05) is 13.1 Å². The van der Waals surface area contributed by atoms with Gasteiger partial charge in [0.05, 0.1) is 6.04 Å². The van der Waals surface area contributed by atoms with Crippen LogP contribution in [-0.2, 0) is 4.79 Å². The number of rotatable bonds is 3. The van der Waals surface area contributed by atoms with Crippen molar-refractivity contribution in [2.45, 2.75) is 6.04 Å². The van der Waals surface area contributed by atoms with Gasteiger partial charge in [0.15, 0.2) is 0 Å². The standard InChI is InChI=1S/C9H11N3O3/c13-8(14)5-12-4-7(11-9(12)15)6-1-2-10-3-6/h1-3,7,10H,4-5H2,(H,11,15)(H,13,14). The minimum Gasteiger partial charge on any atom is -0.480 e. The fourth-order valence-electron chi connectivity index (χ4n) is 1.63. The predicted molar refractivity (Wildman–Crippen MR) is 51.3 cm³/mol. The summed E-state index contributed by atoms with van der Waals surface area (Å²) in [6.07, 6.45) is 3.55. The number of nitrogens with zero attached hydrogens (tertiary/aromatic N) is 1. The number of H-pyrrole nitrogens is 1. The molecule has 1 aliphatic rings. The lowest BCUT2D eigenvalue weighted by atomic mass is 10.1. The van der Waals surface area contributed by atoms with Crippen LogP contribution in [0.3, 0.4) is 0 Å². The van der Waals surface area contributed by atoms with Crippen LogP contribution >= 0.6 is 0 Å². The number of aliphatic carboxylic acids is 1. The van der Waals surface area contributed by atoms with Gasteiger partial charge in [-0.05, 0) is 11.6 Å². The maximum Gasteiger partial charge on any atom is 0.323 e. The van der Waals surface area contributed by atoms with Crippen molar-refractivity contribution in [3.63, 3.8) is 0 Å². The molecular formula is C9H11N3O3. The molecule has 2 amide bonds. The zero-order valence-corrected chi connectivity index (χ0v) is 7.93. The van der Waals surface area contributed by atoms with Gasteiger partial charge in [-0.1, -0.05) is 0 Å². The summed E-state index contributed by atoms with van der Waals surface area (Å²) in [4.78, 5) is 26.0. The number of hydrogen-bond acceptors (Lipinski definition) is 2. The third kappa shape index (κ3) is 1.93. The van der Waals surface area contributed by atoms with Crippen molar-refractivity contribution in [2.24, 2.45) is 0 Å². The Morgan fingerprint density at radius 2 is 2.47 bits per heavy atom. The van der Waals surface area contributed by atoms with Crippen molar-refractivity contribution in [1.29, 1.82) is 0 Å². The zero-order chi connectivity index (χ0) is 10.8. The van der Waals surface area contributed by atoms with Gasteiger partial charge in [-0.3, -0.25) is 4.79 Å². The second-order valence-electron chi connectivity index (χ2n) is 3.42. The monoisotopic (exact) mass is 209 g/mol. The van der Waals surface area contributed by atoms with Crippen molar-refractivity contribution in [1.82, 2.24) is 15.2 Å². The molecule has 6 heteroatoms. The zero-order valence-electron chi connectivity index (χ0n) is 7.93. The topological polar surface area (TPSA) is 85.4 Å². The molecule has 3 N–H and O–H groups in total. The summed E-state index contributed by atoms with van der Waals surface area (Å²) >= 11 is 0. The Balaban J connectivity index is 2.04. The second kappa shape index (κ2) is 3.64. The number of carbonyl (C=O) groups excluding carboxylic acids is 1. The van der Waals surface area contributed by atoms with Gasteiger partial charge in [0, 0.05) is 18.9 Å². The molecule has 0 aromatic carbocycles. The van der Waals surface area contributed by atoms with Crippen molar-refractivity contribution in [3.8, 4) is 0 Å². The summed E-state index contributed by atoms with van der Waals surface area (Å²) in [5.74, 6) is -1.00. The molecule has 0 spiro atoms. The third-order valence-electron chi connectivity index (χ3n) is 2.34. The normalized spacial score (nSPS) is 20.4. The molecule has 1 unspecified atom stereocenters. The lowest BCUT2D eigenvalue weighted by Gasteiger charge is -2.10. The van der Waals surface area contributed by atoms with Crippen LogP contribution in [0, 0.1) is 0 Å².